The molecule has 110 valence electrons. The van der Waals surface area contributed by atoms with Crippen LogP contribution in [-0.4, -0.2) is 19.7 Å². The molecule has 0 aliphatic carbocycles. The lowest BCUT2D eigenvalue weighted by molar-refractivity contribution is 0.818. The van der Waals surface area contributed by atoms with Crippen molar-refractivity contribution in [1.29, 1.82) is 0 Å². The van der Waals surface area contributed by atoms with Crippen molar-refractivity contribution >= 4 is 27.7 Å². The van der Waals surface area contributed by atoms with Gasteiger partial charge in [-0.25, -0.2) is 4.68 Å². The first-order valence-corrected chi connectivity index (χ1v) is 7.66. The fraction of sp³-hybridized carbons (Fsp3) is 0.133. The third-order valence-corrected chi connectivity index (χ3v) is 4.45. The largest absolute Gasteiger partial charge is 0.368 e. The van der Waals surface area contributed by atoms with Gasteiger partial charge < -0.3 is 10.6 Å². The Balaban J connectivity index is 1.71. The molecule has 3 aromatic rings. The molecule has 3 heterocycles. The van der Waals surface area contributed by atoms with Gasteiger partial charge in [-0.1, -0.05) is 28.1 Å². The highest BCUT2D eigenvalue weighted by molar-refractivity contribution is 9.10. The molecule has 1 aliphatic heterocycles. The van der Waals surface area contributed by atoms with Gasteiger partial charge >= 0.3 is 0 Å². The van der Waals surface area contributed by atoms with Gasteiger partial charge in [0.2, 0.25) is 5.95 Å². The number of nitrogen functional groups attached to an aromatic ring is 1. The van der Waals surface area contributed by atoms with Gasteiger partial charge in [0, 0.05) is 36.0 Å². The Morgan fingerprint density at radius 3 is 2.73 bits per heavy atom. The highest BCUT2D eigenvalue weighted by Gasteiger charge is 2.23. The predicted octanol–water partition coefficient (Wildman–Crippen LogP) is 2.53. The quantitative estimate of drug-likeness (QED) is 0.763. The minimum absolute atomic E-state index is 0.248. The van der Waals surface area contributed by atoms with Crippen molar-refractivity contribution in [1.82, 2.24) is 19.7 Å². The van der Waals surface area contributed by atoms with Crippen LogP contribution >= 0.6 is 15.9 Å². The Bertz CT molecular complexity index is 830. The van der Waals surface area contributed by atoms with Crippen molar-refractivity contribution in [2.24, 2.45) is 0 Å². The van der Waals surface area contributed by atoms with Gasteiger partial charge in [0.25, 0.3) is 0 Å². The van der Waals surface area contributed by atoms with Crippen LogP contribution in [0.2, 0.25) is 0 Å². The van der Waals surface area contributed by atoms with Crippen LogP contribution < -0.4 is 10.6 Å². The third kappa shape index (κ3) is 2.23. The summed E-state index contributed by atoms with van der Waals surface area (Å²) >= 11 is 3.61. The maximum Gasteiger partial charge on any atom is 0.224 e. The molecule has 1 aromatic carbocycles. The van der Waals surface area contributed by atoms with Crippen molar-refractivity contribution in [3.63, 3.8) is 0 Å². The summed E-state index contributed by atoms with van der Waals surface area (Å²) in [6, 6.07) is 10.0. The molecule has 0 saturated heterocycles. The SMILES string of the molecule is Nc1nc(N2Cc3cccc(Br)c3C2)cc(-n2cccn2)n1. The maximum absolute atomic E-state index is 5.87. The van der Waals surface area contributed by atoms with Crippen LogP contribution in [0.5, 0.6) is 0 Å². The maximum atomic E-state index is 5.87. The molecule has 0 atom stereocenters. The van der Waals surface area contributed by atoms with Crippen molar-refractivity contribution < 1.29 is 0 Å². The molecule has 0 spiro atoms. The van der Waals surface area contributed by atoms with Crippen LogP contribution in [0, 0.1) is 0 Å². The van der Waals surface area contributed by atoms with E-state index in [1.165, 1.54) is 11.1 Å². The Labute approximate surface area is 135 Å². The monoisotopic (exact) mass is 356 g/mol. The number of halogens is 1. The van der Waals surface area contributed by atoms with Crippen molar-refractivity contribution in [3.8, 4) is 5.82 Å². The second-order valence-electron chi connectivity index (χ2n) is 5.13. The summed E-state index contributed by atoms with van der Waals surface area (Å²) in [5.41, 5.74) is 8.46. The van der Waals surface area contributed by atoms with Gasteiger partial charge in [-0.05, 0) is 23.3 Å². The first kappa shape index (κ1) is 13.3. The number of nitrogens with zero attached hydrogens (tertiary/aromatic N) is 5. The zero-order valence-electron chi connectivity index (χ0n) is 11.6. The molecular weight excluding hydrogens is 344 g/mol. The summed E-state index contributed by atoms with van der Waals surface area (Å²) in [7, 11) is 0. The van der Waals surface area contributed by atoms with Crippen LogP contribution in [0.1, 0.15) is 11.1 Å². The zero-order valence-corrected chi connectivity index (χ0v) is 13.2. The van der Waals surface area contributed by atoms with E-state index < -0.39 is 0 Å². The highest BCUT2D eigenvalue weighted by atomic mass is 79.9. The summed E-state index contributed by atoms with van der Waals surface area (Å²) in [5.74, 6) is 1.72. The van der Waals surface area contributed by atoms with Crippen LogP contribution in [0.15, 0.2) is 47.2 Å². The smallest absolute Gasteiger partial charge is 0.224 e. The standard InChI is InChI=1S/C15H13BrN6/c16-12-4-1-3-10-8-21(9-11(10)12)13-7-14(20-15(17)19-13)22-6-2-5-18-22/h1-7H,8-9H2,(H2,17,19,20). The minimum atomic E-state index is 0.248. The van der Waals surface area contributed by atoms with Crippen LogP contribution in [0.3, 0.4) is 0 Å². The molecule has 2 N–H and O–H groups in total. The normalized spacial score (nSPS) is 13.4. The number of nitrogens with two attached hydrogens (primary N) is 1. The fourth-order valence-electron chi connectivity index (χ4n) is 2.67. The van der Waals surface area contributed by atoms with Crippen molar-refractivity contribution in [2.45, 2.75) is 13.1 Å². The first-order valence-electron chi connectivity index (χ1n) is 6.86. The van der Waals surface area contributed by atoms with E-state index in [4.69, 9.17) is 5.73 Å². The van der Waals surface area contributed by atoms with Crippen LogP contribution in [0.25, 0.3) is 5.82 Å². The van der Waals surface area contributed by atoms with Crippen molar-refractivity contribution in [3.05, 3.63) is 58.3 Å². The summed E-state index contributed by atoms with van der Waals surface area (Å²) in [6.45, 7) is 1.61. The van der Waals surface area contributed by atoms with E-state index in [2.05, 4.69) is 54.1 Å². The molecule has 4 rings (SSSR count). The number of hydrogen-bond donors (Lipinski definition) is 1. The van der Waals surface area contributed by atoms with Gasteiger partial charge in [0.15, 0.2) is 5.82 Å². The zero-order chi connectivity index (χ0) is 15.1. The van der Waals surface area contributed by atoms with E-state index in [1.54, 1.807) is 10.9 Å². The van der Waals surface area contributed by atoms with Crippen molar-refractivity contribution in [2.75, 3.05) is 10.6 Å². The molecule has 0 saturated carbocycles. The summed E-state index contributed by atoms with van der Waals surface area (Å²) < 4.78 is 2.81. The predicted molar refractivity (Wildman–Crippen MR) is 87.6 cm³/mol. The van der Waals surface area contributed by atoms with Gasteiger partial charge in [-0.3, -0.25) is 0 Å². The highest BCUT2D eigenvalue weighted by Crippen LogP contribution is 2.32. The molecule has 0 fully saturated rings. The van der Waals surface area contributed by atoms with E-state index in [0.29, 0.717) is 5.82 Å². The van der Waals surface area contributed by atoms with Crippen LogP contribution in [-0.2, 0) is 13.1 Å². The fourth-order valence-corrected chi connectivity index (χ4v) is 3.20. The second kappa shape index (κ2) is 5.10. The molecule has 7 heteroatoms. The van der Waals surface area contributed by atoms with Gasteiger partial charge in [-0.2, -0.15) is 15.1 Å². The number of anilines is 2. The molecule has 0 bridgehead atoms. The summed E-state index contributed by atoms with van der Waals surface area (Å²) in [6.07, 6.45) is 3.54. The van der Waals surface area contributed by atoms with E-state index in [1.807, 2.05) is 18.3 Å². The van der Waals surface area contributed by atoms with E-state index in [0.717, 1.165) is 23.4 Å². The molecule has 6 nitrogen and oxygen atoms in total. The molecule has 0 unspecified atom stereocenters. The minimum Gasteiger partial charge on any atom is -0.368 e. The molecule has 0 amide bonds. The lowest BCUT2D eigenvalue weighted by Gasteiger charge is -2.17. The Morgan fingerprint density at radius 1 is 1.09 bits per heavy atom. The summed E-state index contributed by atoms with van der Waals surface area (Å²) in [4.78, 5) is 10.8. The molecule has 22 heavy (non-hydrogen) atoms. The Kier molecular flexibility index (Phi) is 3.07. The number of rotatable bonds is 2. The van der Waals surface area contributed by atoms with Crippen LogP contribution in [0.4, 0.5) is 11.8 Å². The van der Waals surface area contributed by atoms with Gasteiger partial charge in [0.05, 0.1) is 0 Å². The summed E-state index contributed by atoms with van der Waals surface area (Å²) in [5, 5.41) is 4.19. The molecular formula is C15H13BrN6. The molecule has 1 aliphatic rings. The number of fused-ring (bicyclic) bond motifs is 1. The third-order valence-electron chi connectivity index (χ3n) is 3.71. The number of benzene rings is 1. The second-order valence-corrected chi connectivity index (χ2v) is 5.98. The Hall–Kier alpha value is -2.41. The molecule has 2 aromatic heterocycles. The van der Waals surface area contributed by atoms with E-state index in [-0.39, 0.29) is 5.95 Å². The average molecular weight is 357 g/mol. The number of aromatic nitrogens is 4. The number of hydrogen-bond acceptors (Lipinski definition) is 5. The average Bonchev–Trinajstić information content (AvgIpc) is 3.17. The van der Waals surface area contributed by atoms with E-state index in [9.17, 15) is 0 Å². The molecule has 0 radical (unpaired) electrons. The topological polar surface area (TPSA) is 72.9 Å². The first-order chi connectivity index (χ1) is 10.7. The Morgan fingerprint density at radius 2 is 1.95 bits per heavy atom. The van der Waals surface area contributed by atoms with Gasteiger partial charge in [0.1, 0.15) is 5.82 Å². The lowest BCUT2D eigenvalue weighted by Crippen LogP contribution is -2.18. The lowest BCUT2D eigenvalue weighted by atomic mass is 10.1. The van der Waals surface area contributed by atoms with Gasteiger partial charge in [-0.15, -0.1) is 0 Å². The van der Waals surface area contributed by atoms with E-state index >= 15 is 0 Å².